The quantitative estimate of drug-likeness (QED) is 0.696. The van der Waals surface area contributed by atoms with Gasteiger partial charge in [0.15, 0.2) is 11.5 Å². The lowest BCUT2D eigenvalue weighted by Crippen LogP contribution is -2.14. The second-order valence-electron chi connectivity index (χ2n) is 6.27. The number of rotatable bonds is 9. The van der Waals surface area contributed by atoms with E-state index in [1.54, 1.807) is 12.1 Å². The van der Waals surface area contributed by atoms with E-state index in [1.807, 2.05) is 0 Å². The number of carbonyl (C=O) groups excluding carboxylic acids is 1. The van der Waals surface area contributed by atoms with Crippen LogP contribution in [0, 0.1) is 5.92 Å². The number of nitrogens with zero attached hydrogens (tertiary/aromatic N) is 2. The van der Waals surface area contributed by atoms with E-state index in [1.165, 1.54) is 33.7 Å². The van der Waals surface area contributed by atoms with E-state index in [4.69, 9.17) is 14.2 Å². The Morgan fingerprint density at radius 1 is 1.04 bits per heavy atom. The van der Waals surface area contributed by atoms with Gasteiger partial charge in [0, 0.05) is 36.8 Å². The van der Waals surface area contributed by atoms with E-state index in [0.717, 1.165) is 13.0 Å². The van der Waals surface area contributed by atoms with Crippen molar-refractivity contribution in [3.63, 3.8) is 0 Å². The smallest absolute Gasteiger partial charge is 0.258 e. The highest BCUT2D eigenvalue weighted by molar-refractivity contribution is 6.04. The second-order valence-corrected chi connectivity index (χ2v) is 6.27. The summed E-state index contributed by atoms with van der Waals surface area (Å²) in [6.45, 7) is 5.09. The molecule has 1 aromatic carbocycles. The molecule has 0 unspecified atom stereocenters. The molecule has 0 saturated heterocycles. The molecule has 1 aromatic heterocycles. The highest BCUT2D eigenvalue weighted by Crippen LogP contribution is 2.39. The number of hydrogen-bond acceptors (Lipinski definition) is 7. The largest absolute Gasteiger partial charge is 0.493 e. The van der Waals surface area contributed by atoms with Gasteiger partial charge >= 0.3 is 0 Å². The molecule has 8 heteroatoms. The van der Waals surface area contributed by atoms with Crippen molar-refractivity contribution >= 4 is 17.5 Å². The molecule has 0 bridgehead atoms. The topological polar surface area (TPSA) is 94.6 Å². The lowest BCUT2D eigenvalue weighted by atomic mass is 10.1. The standard InChI is InChI=1S/C19H26N4O4/c1-12(2)6-7-20-19-21-10-13(11-22-19)18(24)23-14-8-15(25-3)17(27-5)16(9-14)26-4/h8-12H,6-7H2,1-5H3,(H,23,24)(H,20,21,22). The van der Waals surface area contributed by atoms with Gasteiger partial charge in [-0.1, -0.05) is 13.8 Å². The monoisotopic (exact) mass is 374 g/mol. The average Bonchev–Trinajstić information content (AvgIpc) is 2.67. The summed E-state index contributed by atoms with van der Waals surface area (Å²) < 4.78 is 15.8. The Morgan fingerprint density at radius 3 is 2.11 bits per heavy atom. The van der Waals surface area contributed by atoms with Crippen molar-refractivity contribution < 1.29 is 19.0 Å². The van der Waals surface area contributed by atoms with Crippen molar-refractivity contribution in [1.29, 1.82) is 0 Å². The molecule has 2 rings (SSSR count). The number of amides is 1. The van der Waals surface area contributed by atoms with Crippen LogP contribution in [0.2, 0.25) is 0 Å². The molecule has 0 fully saturated rings. The number of nitrogens with one attached hydrogen (secondary N) is 2. The number of methoxy groups -OCH3 is 3. The number of hydrogen-bond donors (Lipinski definition) is 2. The Morgan fingerprint density at radius 2 is 1.63 bits per heavy atom. The van der Waals surface area contributed by atoms with E-state index in [2.05, 4.69) is 34.4 Å². The molecular weight excluding hydrogens is 348 g/mol. The molecule has 1 amide bonds. The van der Waals surface area contributed by atoms with E-state index in [9.17, 15) is 4.79 Å². The Bertz CT molecular complexity index is 738. The zero-order valence-electron chi connectivity index (χ0n) is 16.3. The summed E-state index contributed by atoms with van der Waals surface area (Å²) in [6.07, 6.45) is 3.99. The molecule has 0 spiro atoms. The first-order chi connectivity index (χ1) is 13.0. The average molecular weight is 374 g/mol. The Kier molecular flexibility index (Phi) is 7.22. The van der Waals surface area contributed by atoms with Gasteiger partial charge in [-0.15, -0.1) is 0 Å². The first-order valence-electron chi connectivity index (χ1n) is 8.65. The molecule has 0 atom stereocenters. The van der Waals surface area contributed by atoms with Gasteiger partial charge in [-0.05, 0) is 12.3 Å². The summed E-state index contributed by atoms with van der Waals surface area (Å²) in [5.74, 6) is 2.12. The molecule has 0 saturated carbocycles. The number of carbonyl (C=O) groups is 1. The predicted octanol–water partition coefficient (Wildman–Crippen LogP) is 3.21. The van der Waals surface area contributed by atoms with Crippen molar-refractivity contribution in [1.82, 2.24) is 9.97 Å². The maximum atomic E-state index is 12.5. The zero-order valence-corrected chi connectivity index (χ0v) is 16.3. The van der Waals surface area contributed by atoms with Crippen molar-refractivity contribution in [3.05, 3.63) is 30.1 Å². The highest BCUT2D eigenvalue weighted by Gasteiger charge is 2.15. The minimum absolute atomic E-state index is 0.335. The maximum Gasteiger partial charge on any atom is 0.258 e. The van der Waals surface area contributed by atoms with Crippen LogP contribution in [0.25, 0.3) is 0 Å². The zero-order chi connectivity index (χ0) is 19.8. The lowest BCUT2D eigenvalue weighted by molar-refractivity contribution is 0.102. The molecule has 146 valence electrons. The summed E-state index contributed by atoms with van der Waals surface area (Å²) in [5, 5.41) is 5.92. The summed E-state index contributed by atoms with van der Waals surface area (Å²) in [6, 6.07) is 3.31. The van der Waals surface area contributed by atoms with Crippen molar-refractivity contribution in [3.8, 4) is 17.2 Å². The van der Waals surface area contributed by atoms with Gasteiger partial charge in [0.05, 0.1) is 26.9 Å². The Balaban J connectivity index is 2.08. The van der Waals surface area contributed by atoms with Gasteiger partial charge in [0.25, 0.3) is 5.91 Å². The second kappa shape index (κ2) is 9.61. The minimum Gasteiger partial charge on any atom is -0.493 e. The first kappa shape index (κ1) is 20.3. The molecular formula is C19H26N4O4. The van der Waals surface area contributed by atoms with Gasteiger partial charge < -0.3 is 24.8 Å². The third-order valence-corrected chi connectivity index (χ3v) is 3.84. The van der Waals surface area contributed by atoms with Crippen LogP contribution < -0.4 is 24.8 Å². The fourth-order valence-corrected chi connectivity index (χ4v) is 2.37. The fraction of sp³-hybridized carbons (Fsp3) is 0.421. The maximum absolute atomic E-state index is 12.5. The van der Waals surface area contributed by atoms with Gasteiger partial charge in [0.1, 0.15) is 0 Å². The predicted molar refractivity (Wildman–Crippen MR) is 104 cm³/mol. The summed E-state index contributed by atoms with van der Waals surface area (Å²) in [7, 11) is 4.55. The normalized spacial score (nSPS) is 10.4. The van der Waals surface area contributed by atoms with E-state index in [0.29, 0.717) is 40.4 Å². The van der Waals surface area contributed by atoms with Crippen LogP contribution in [0.4, 0.5) is 11.6 Å². The molecule has 0 aliphatic rings. The molecule has 27 heavy (non-hydrogen) atoms. The van der Waals surface area contributed by atoms with Crippen LogP contribution in [-0.2, 0) is 0 Å². The van der Waals surface area contributed by atoms with Crippen LogP contribution in [0.5, 0.6) is 17.2 Å². The third kappa shape index (κ3) is 5.47. The Labute approximate surface area is 159 Å². The van der Waals surface area contributed by atoms with Crippen LogP contribution >= 0.6 is 0 Å². The van der Waals surface area contributed by atoms with Crippen LogP contribution in [0.3, 0.4) is 0 Å². The van der Waals surface area contributed by atoms with Gasteiger partial charge in [0.2, 0.25) is 11.7 Å². The van der Waals surface area contributed by atoms with Crippen LogP contribution in [0.15, 0.2) is 24.5 Å². The number of ether oxygens (including phenoxy) is 3. The molecule has 0 aliphatic carbocycles. The van der Waals surface area contributed by atoms with Gasteiger partial charge in [-0.2, -0.15) is 0 Å². The molecule has 8 nitrogen and oxygen atoms in total. The number of benzene rings is 1. The summed E-state index contributed by atoms with van der Waals surface area (Å²) >= 11 is 0. The molecule has 2 N–H and O–H groups in total. The van der Waals surface area contributed by atoms with Gasteiger partial charge in [-0.3, -0.25) is 4.79 Å². The lowest BCUT2D eigenvalue weighted by Gasteiger charge is -2.14. The van der Waals surface area contributed by atoms with Gasteiger partial charge in [-0.25, -0.2) is 9.97 Å². The number of anilines is 2. The molecule has 0 radical (unpaired) electrons. The van der Waals surface area contributed by atoms with Crippen molar-refractivity contribution in [2.24, 2.45) is 5.92 Å². The molecule has 0 aliphatic heterocycles. The third-order valence-electron chi connectivity index (χ3n) is 3.84. The van der Waals surface area contributed by atoms with Crippen LogP contribution in [0.1, 0.15) is 30.6 Å². The van der Waals surface area contributed by atoms with Crippen molar-refractivity contribution in [2.75, 3.05) is 38.5 Å². The SMILES string of the molecule is COc1cc(NC(=O)c2cnc(NCCC(C)C)nc2)cc(OC)c1OC. The van der Waals surface area contributed by atoms with E-state index in [-0.39, 0.29) is 5.91 Å². The first-order valence-corrected chi connectivity index (χ1v) is 8.65. The summed E-state index contributed by atoms with van der Waals surface area (Å²) in [4.78, 5) is 20.8. The van der Waals surface area contributed by atoms with Crippen LogP contribution in [-0.4, -0.2) is 43.7 Å². The minimum atomic E-state index is -0.335. The van der Waals surface area contributed by atoms with E-state index >= 15 is 0 Å². The molecule has 1 heterocycles. The highest BCUT2D eigenvalue weighted by atomic mass is 16.5. The van der Waals surface area contributed by atoms with E-state index < -0.39 is 0 Å². The molecule has 2 aromatic rings. The van der Waals surface area contributed by atoms with Crippen molar-refractivity contribution in [2.45, 2.75) is 20.3 Å². The number of aromatic nitrogens is 2. The fourth-order valence-electron chi connectivity index (χ4n) is 2.37. The Hall–Kier alpha value is -3.03. The summed E-state index contributed by atoms with van der Waals surface area (Å²) in [5.41, 5.74) is 0.854.